The second kappa shape index (κ2) is 6.85. The Morgan fingerprint density at radius 1 is 1.25 bits per heavy atom. The molecule has 0 aromatic heterocycles. The zero-order valence-electron chi connectivity index (χ0n) is 9.99. The van der Waals surface area contributed by atoms with Crippen LogP contribution in [0.1, 0.15) is 38.7 Å². The van der Waals surface area contributed by atoms with Gasteiger partial charge in [-0.05, 0) is 18.1 Å². The molecule has 0 atom stereocenters. The first-order valence-corrected chi connectivity index (χ1v) is 5.74. The molecule has 0 fully saturated rings. The molecule has 1 aromatic carbocycles. The molecule has 1 heteroatoms. The Bertz CT molecular complexity index is 379. The fourth-order valence-corrected chi connectivity index (χ4v) is 1.45. The first kappa shape index (κ1) is 12.5. The van der Waals surface area contributed by atoms with Gasteiger partial charge in [-0.1, -0.05) is 43.9 Å². The van der Waals surface area contributed by atoms with E-state index in [9.17, 15) is 4.79 Å². The fraction of sp³-hybridized carbons (Fsp3) is 0.400. The van der Waals surface area contributed by atoms with Crippen molar-refractivity contribution in [1.29, 1.82) is 0 Å². The molecular formula is C15H18O. The van der Waals surface area contributed by atoms with Gasteiger partial charge in [0.2, 0.25) is 0 Å². The zero-order valence-corrected chi connectivity index (χ0v) is 9.99. The number of carbonyl (C=O) groups is 1. The van der Waals surface area contributed by atoms with Crippen LogP contribution in [0.15, 0.2) is 30.3 Å². The number of ketones is 1. The van der Waals surface area contributed by atoms with Crippen LogP contribution in [0.5, 0.6) is 0 Å². The molecule has 0 aliphatic heterocycles. The first-order chi connectivity index (χ1) is 7.68. The van der Waals surface area contributed by atoms with Gasteiger partial charge < -0.3 is 0 Å². The Hall–Kier alpha value is -1.55. The van der Waals surface area contributed by atoms with Crippen LogP contribution in [0.3, 0.4) is 0 Å². The minimum Gasteiger partial charge on any atom is -0.300 e. The summed E-state index contributed by atoms with van der Waals surface area (Å²) in [6.45, 7) is 4.13. The van der Waals surface area contributed by atoms with Crippen LogP contribution in [-0.2, 0) is 4.79 Å². The maximum absolute atomic E-state index is 11.4. The van der Waals surface area contributed by atoms with E-state index in [2.05, 4.69) is 25.7 Å². The molecule has 0 saturated carbocycles. The molecule has 0 unspecified atom stereocenters. The summed E-state index contributed by atoms with van der Waals surface area (Å²) in [7, 11) is 0. The van der Waals surface area contributed by atoms with E-state index in [1.165, 1.54) is 0 Å². The van der Waals surface area contributed by atoms with Gasteiger partial charge in [0.25, 0.3) is 0 Å². The highest BCUT2D eigenvalue weighted by Gasteiger charge is 2.02. The highest BCUT2D eigenvalue weighted by atomic mass is 16.1. The lowest BCUT2D eigenvalue weighted by Gasteiger charge is -2.00. The third-order valence-electron chi connectivity index (χ3n) is 2.17. The van der Waals surface area contributed by atoms with Gasteiger partial charge in [0.05, 0.1) is 0 Å². The first-order valence-electron chi connectivity index (χ1n) is 5.74. The van der Waals surface area contributed by atoms with Gasteiger partial charge in [-0.2, -0.15) is 0 Å². The van der Waals surface area contributed by atoms with E-state index in [4.69, 9.17) is 0 Å². The van der Waals surface area contributed by atoms with Crippen LogP contribution in [0, 0.1) is 17.8 Å². The van der Waals surface area contributed by atoms with Crippen LogP contribution in [-0.4, -0.2) is 5.78 Å². The lowest BCUT2D eigenvalue weighted by Crippen LogP contribution is -2.01. The van der Waals surface area contributed by atoms with Crippen LogP contribution in [0.4, 0.5) is 0 Å². The lowest BCUT2D eigenvalue weighted by molar-refractivity contribution is -0.119. The van der Waals surface area contributed by atoms with Gasteiger partial charge in [-0.15, -0.1) is 0 Å². The van der Waals surface area contributed by atoms with Crippen molar-refractivity contribution in [2.24, 2.45) is 5.92 Å². The zero-order chi connectivity index (χ0) is 11.8. The smallest absolute Gasteiger partial charge is 0.134 e. The number of carbonyl (C=O) groups excluding carboxylic acids is 1. The fourth-order valence-electron chi connectivity index (χ4n) is 1.45. The topological polar surface area (TPSA) is 17.1 Å². The molecule has 16 heavy (non-hydrogen) atoms. The molecule has 1 aromatic rings. The molecule has 0 spiro atoms. The minimum atomic E-state index is 0.317. The summed E-state index contributed by atoms with van der Waals surface area (Å²) in [5, 5.41) is 0. The Balaban J connectivity index is 2.31. The summed E-state index contributed by atoms with van der Waals surface area (Å²) in [6, 6.07) is 9.85. The van der Waals surface area contributed by atoms with Crippen molar-refractivity contribution < 1.29 is 4.79 Å². The SMILES string of the molecule is CC(C)CC(=O)CCC#Cc1ccccc1. The van der Waals surface area contributed by atoms with Crippen LogP contribution < -0.4 is 0 Å². The highest BCUT2D eigenvalue weighted by molar-refractivity contribution is 5.78. The third-order valence-corrected chi connectivity index (χ3v) is 2.17. The molecule has 0 bridgehead atoms. The van der Waals surface area contributed by atoms with E-state index >= 15 is 0 Å². The summed E-state index contributed by atoms with van der Waals surface area (Å²) in [5.41, 5.74) is 1.01. The molecule has 0 heterocycles. The molecule has 0 N–H and O–H groups in total. The highest BCUT2D eigenvalue weighted by Crippen LogP contribution is 2.04. The summed E-state index contributed by atoms with van der Waals surface area (Å²) >= 11 is 0. The Morgan fingerprint density at radius 3 is 2.56 bits per heavy atom. The molecule has 1 rings (SSSR count). The summed E-state index contributed by atoms with van der Waals surface area (Å²) in [4.78, 5) is 11.4. The quantitative estimate of drug-likeness (QED) is 0.702. The molecule has 0 aliphatic rings. The van der Waals surface area contributed by atoms with Gasteiger partial charge in [-0.25, -0.2) is 0 Å². The van der Waals surface area contributed by atoms with E-state index in [1.807, 2.05) is 30.3 Å². The Kier molecular flexibility index (Phi) is 5.36. The van der Waals surface area contributed by atoms with Crippen molar-refractivity contribution in [2.45, 2.75) is 33.1 Å². The molecular weight excluding hydrogens is 196 g/mol. The van der Waals surface area contributed by atoms with Gasteiger partial charge in [0.15, 0.2) is 0 Å². The summed E-state index contributed by atoms with van der Waals surface area (Å²) in [5.74, 6) is 6.86. The van der Waals surface area contributed by atoms with Crippen molar-refractivity contribution in [3.8, 4) is 11.8 Å². The average Bonchev–Trinajstić information content (AvgIpc) is 2.25. The second-order valence-electron chi connectivity index (χ2n) is 4.30. The predicted octanol–water partition coefficient (Wildman–Crippen LogP) is 3.43. The Labute approximate surface area is 97.9 Å². The van der Waals surface area contributed by atoms with Crippen molar-refractivity contribution >= 4 is 5.78 Å². The predicted molar refractivity (Wildman–Crippen MR) is 67.0 cm³/mol. The molecule has 0 radical (unpaired) electrons. The molecule has 0 saturated heterocycles. The van der Waals surface area contributed by atoms with Crippen molar-refractivity contribution in [2.75, 3.05) is 0 Å². The normalized spacial score (nSPS) is 9.69. The maximum Gasteiger partial charge on any atom is 0.134 e. The van der Waals surface area contributed by atoms with Crippen molar-refractivity contribution in [3.05, 3.63) is 35.9 Å². The number of hydrogen-bond acceptors (Lipinski definition) is 1. The number of Topliss-reactive ketones (excluding diaryl/α,β-unsaturated/α-hetero) is 1. The van der Waals surface area contributed by atoms with Gasteiger partial charge in [0, 0.05) is 24.8 Å². The summed E-state index contributed by atoms with van der Waals surface area (Å²) < 4.78 is 0. The molecule has 0 amide bonds. The number of hydrogen-bond donors (Lipinski definition) is 0. The van der Waals surface area contributed by atoms with E-state index < -0.39 is 0 Å². The maximum atomic E-state index is 11.4. The van der Waals surface area contributed by atoms with Crippen LogP contribution >= 0.6 is 0 Å². The summed E-state index contributed by atoms with van der Waals surface area (Å²) in [6.07, 6.45) is 1.92. The monoisotopic (exact) mass is 214 g/mol. The van der Waals surface area contributed by atoms with E-state index in [-0.39, 0.29) is 0 Å². The van der Waals surface area contributed by atoms with E-state index in [1.54, 1.807) is 0 Å². The van der Waals surface area contributed by atoms with Crippen LogP contribution in [0.25, 0.3) is 0 Å². The van der Waals surface area contributed by atoms with Crippen molar-refractivity contribution in [3.63, 3.8) is 0 Å². The van der Waals surface area contributed by atoms with Crippen molar-refractivity contribution in [1.82, 2.24) is 0 Å². The largest absolute Gasteiger partial charge is 0.300 e. The van der Waals surface area contributed by atoms with E-state index in [0.717, 1.165) is 5.56 Å². The number of rotatable bonds is 4. The molecule has 84 valence electrons. The third kappa shape index (κ3) is 5.36. The Morgan fingerprint density at radius 2 is 1.94 bits per heavy atom. The minimum absolute atomic E-state index is 0.317. The molecule has 1 nitrogen and oxygen atoms in total. The lowest BCUT2D eigenvalue weighted by atomic mass is 10.0. The van der Waals surface area contributed by atoms with Gasteiger partial charge in [0.1, 0.15) is 5.78 Å². The van der Waals surface area contributed by atoms with Gasteiger partial charge in [-0.3, -0.25) is 4.79 Å². The van der Waals surface area contributed by atoms with Gasteiger partial charge >= 0.3 is 0 Å². The van der Waals surface area contributed by atoms with E-state index in [0.29, 0.717) is 31.0 Å². The standard InChI is InChI=1S/C15H18O/c1-13(2)12-15(16)11-7-6-10-14-8-4-3-5-9-14/h3-5,8-9,13H,7,11-12H2,1-2H3. The average molecular weight is 214 g/mol. The molecule has 0 aliphatic carbocycles. The number of benzene rings is 1. The van der Waals surface area contributed by atoms with Crippen LogP contribution in [0.2, 0.25) is 0 Å². The second-order valence-corrected chi connectivity index (χ2v) is 4.30.